The number of piperazine rings is 1. The SMILES string of the molecule is CC(=O)N1CCN(c2ccc3nc(Nc4c(C)cccc4Cl)c4cncn4c3c2)CC1. The summed E-state index contributed by atoms with van der Waals surface area (Å²) in [5.41, 5.74) is 5.75. The summed E-state index contributed by atoms with van der Waals surface area (Å²) in [5.74, 6) is 0.847. The first kappa shape index (κ1) is 19.6. The first-order chi connectivity index (χ1) is 15.0. The van der Waals surface area contributed by atoms with E-state index in [0.717, 1.165) is 59.7 Å². The molecular weight excluding hydrogens is 412 g/mol. The number of halogens is 1. The number of imidazole rings is 1. The lowest BCUT2D eigenvalue weighted by Crippen LogP contribution is -2.48. The van der Waals surface area contributed by atoms with Gasteiger partial charge in [-0.3, -0.25) is 9.20 Å². The Morgan fingerprint density at radius 2 is 1.90 bits per heavy atom. The van der Waals surface area contributed by atoms with E-state index in [1.165, 1.54) is 0 Å². The molecule has 2 aromatic carbocycles. The number of carbonyl (C=O) groups is 1. The van der Waals surface area contributed by atoms with E-state index in [1.54, 1.807) is 19.4 Å². The summed E-state index contributed by atoms with van der Waals surface area (Å²) >= 11 is 6.42. The maximum atomic E-state index is 11.6. The van der Waals surface area contributed by atoms with E-state index in [0.29, 0.717) is 10.8 Å². The lowest BCUT2D eigenvalue weighted by molar-refractivity contribution is -0.129. The van der Waals surface area contributed by atoms with Gasteiger partial charge in [0, 0.05) is 38.8 Å². The van der Waals surface area contributed by atoms with Crippen LogP contribution in [0.5, 0.6) is 0 Å². The first-order valence-corrected chi connectivity index (χ1v) is 10.7. The summed E-state index contributed by atoms with van der Waals surface area (Å²) in [5, 5.41) is 4.06. The number of amides is 1. The highest BCUT2D eigenvalue weighted by Gasteiger charge is 2.20. The Balaban J connectivity index is 1.53. The molecule has 2 aromatic heterocycles. The molecule has 1 saturated heterocycles. The zero-order chi connectivity index (χ0) is 21.5. The van der Waals surface area contributed by atoms with Gasteiger partial charge in [-0.1, -0.05) is 23.7 Å². The smallest absolute Gasteiger partial charge is 0.219 e. The Hall–Kier alpha value is -3.32. The third-order valence-electron chi connectivity index (χ3n) is 5.89. The fourth-order valence-corrected chi connectivity index (χ4v) is 4.39. The quantitative estimate of drug-likeness (QED) is 0.522. The number of rotatable bonds is 3. The van der Waals surface area contributed by atoms with Gasteiger partial charge in [-0.15, -0.1) is 0 Å². The van der Waals surface area contributed by atoms with Crippen molar-refractivity contribution < 1.29 is 4.79 Å². The zero-order valence-corrected chi connectivity index (χ0v) is 18.2. The second-order valence-corrected chi connectivity index (χ2v) is 8.24. The average molecular weight is 435 g/mol. The minimum atomic E-state index is 0.135. The molecule has 1 aliphatic rings. The van der Waals surface area contributed by atoms with Gasteiger partial charge in [-0.25, -0.2) is 9.97 Å². The molecule has 0 saturated carbocycles. The van der Waals surface area contributed by atoms with Crippen LogP contribution in [0.3, 0.4) is 0 Å². The van der Waals surface area contributed by atoms with Gasteiger partial charge in [0.05, 0.1) is 34.3 Å². The molecule has 5 rings (SSSR count). The number of benzene rings is 2. The van der Waals surface area contributed by atoms with Gasteiger partial charge in [-0.05, 0) is 36.8 Å². The lowest BCUT2D eigenvalue weighted by Gasteiger charge is -2.35. The fourth-order valence-electron chi connectivity index (χ4n) is 4.12. The molecule has 4 aromatic rings. The number of nitrogens with one attached hydrogen (secondary N) is 1. The minimum Gasteiger partial charge on any atom is -0.368 e. The third kappa shape index (κ3) is 3.55. The molecule has 1 N–H and O–H groups in total. The van der Waals surface area contributed by atoms with Gasteiger partial charge in [0.15, 0.2) is 5.82 Å². The van der Waals surface area contributed by atoms with Crippen LogP contribution in [0.15, 0.2) is 48.9 Å². The fraction of sp³-hybridized carbons (Fsp3) is 0.261. The van der Waals surface area contributed by atoms with Crippen LogP contribution in [0.25, 0.3) is 16.6 Å². The molecule has 158 valence electrons. The second kappa shape index (κ2) is 7.74. The summed E-state index contributed by atoms with van der Waals surface area (Å²) in [6.07, 6.45) is 3.61. The number of aromatic nitrogens is 3. The summed E-state index contributed by atoms with van der Waals surface area (Å²) in [6, 6.07) is 12.1. The maximum Gasteiger partial charge on any atom is 0.219 e. The van der Waals surface area contributed by atoms with Crippen molar-refractivity contribution in [2.75, 3.05) is 36.4 Å². The van der Waals surface area contributed by atoms with Crippen molar-refractivity contribution in [2.45, 2.75) is 13.8 Å². The van der Waals surface area contributed by atoms with E-state index in [1.807, 2.05) is 40.5 Å². The highest BCUT2D eigenvalue weighted by molar-refractivity contribution is 6.33. The normalized spacial score (nSPS) is 14.4. The van der Waals surface area contributed by atoms with Crippen molar-refractivity contribution in [3.05, 3.63) is 59.5 Å². The lowest BCUT2D eigenvalue weighted by atomic mass is 10.2. The predicted octanol–water partition coefficient (Wildman–Crippen LogP) is 4.26. The average Bonchev–Trinajstić information content (AvgIpc) is 3.27. The number of carbonyl (C=O) groups excluding carboxylic acids is 1. The van der Waals surface area contributed by atoms with Crippen LogP contribution in [0.2, 0.25) is 5.02 Å². The van der Waals surface area contributed by atoms with Gasteiger partial charge in [0.25, 0.3) is 0 Å². The Morgan fingerprint density at radius 3 is 2.65 bits per heavy atom. The number of para-hydroxylation sites is 1. The van der Waals surface area contributed by atoms with E-state index in [-0.39, 0.29) is 5.91 Å². The molecular formula is C23H23ClN6O. The molecule has 0 bridgehead atoms. The first-order valence-electron chi connectivity index (χ1n) is 10.3. The molecule has 31 heavy (non-hydrogen) atoms. The number of aryl methyl sites for hydroxylation is 1. The maximum absolute atomic E-state index is 11.6. The molecule has 3 heterocycles. The van der Waals surface area contributed by atoms with E-state index in [4.69, 9.17) is 16.6 Å². The standard InChI is InChI=1S/C23H23ClN6O/c1-15-4-3-5-18(24)22(15)27-23-21-13-25-14-30(21)20-12-17(6-7-19(20)26-23)29-10-8-28(9-11-29)16(2)31/h3-7,12-14H,8-11H2,1-2H3,(H,26,27). The summed E-state index contributed by atoms with van der Waals surface area (Å²) in [7, 11) is 0. The van der Waals surface area contributed by atoms with Crippen molar-refractivity contribution in [1.29, 1.82) is 0 Å². The van der Waals surface area contributed by atoms with E-state index < -0.39 is 0 Å². The molecule has 0 spiro atoms. The summed E-state index contributed by atoms with van der Waals surface area (Å²) in [6.45, 7) is 6.76. The van der Waals surface area contributed by atoms with Gasteiger partial charge in [-0.2, -0.15) is 0 Å². The van der Waals surface area contributed by atoms with Gasteiger partial charge >= 0.3 is 0 Å². The molecule has 7 nitrogen and oxygen atoms in total. The molecule has 0 radical (unpaired) electrons. The highest BCUT2D eigenvalue weighted by Crippen LogP contribution is 2.32. The number of nitrogens with zero attached hydrogens (tertiary/aromatic N) is 5. The Labute approximate surface area is 185 Å². The molecule has 0 atom stereocenters. The molecule has 0 unspecified atom stereocenters. The number of hydrogen-bond acceptors (Lipinski definition) is 5. The van der Waals surface area contributed by atoms with Gasteiger partial charge in [0.1, 0.15) is 5.52 Å². The van der Waals surface area contributed by atoms with Gasteiger partial charge < -0.3 is 15.1 Å². The molecule has 1 fully saturated rings. The number of anilines is 3. The van der Waals surface area contributed by atoms with Crippen LogP contribution in [0.4, 0.5) is 17.2 Å². The Kier molecular flexibility index (Phi) is 4.90. The highest BCUT2D eigenvalue weighted by atomic mass is 35.5. The number of hydrogen-bond donors (Lipinski definition) is 1. The van der Waals surface area contributed by atoms with E-state index in [9.17, 15) is 4.79 Å². The Morgan fingerprint density at radius 1 is 1.10 bits per heavy atom. The summed E-state index contributed by atoms with van der Waals surface area (Å²) in [4.78, 5) is 25.0. The van der Waals surface area contributed by atoms with Crippen molar-refractivity contribution >= 4 is 51.3 Å². The largest absolute Gasteiger partial charge is 0.368 e. The van der Waals surface area contributed by atoms with Crippen molar-refractivity contribution in [1.82, 2.24) is 19.3 Å². The minimum absolute atomic E-state index is 0.135. The van der Waals surface area contributed by atoms with Crippen LogP contribution in [-0.4, -0.2) is 51.4 Å². The molecule has 1 aliphatic heterocycles. The third-order valence-corrected chi connectivity index (χ3v) is 6.20. The van der Waals surface area contributed by atoms with Crippen LogP contribution >= 0.6 is 11.6 Å². The summed E-state index contributed by atoms with van der Waals surface area (Å²) < 4.78 is 2.05. The van der Waals surface area contributed by atoms with E-state index in [2.05, 4.69) is 27.3 Å². The van der Waals surface area contributed by atoms with Crippen molar-refractivity contribution in [3.8, 4) is 0 Å². The van der Waals surface area contributed by atoms with Crippen LogP contribution < -0.4 is 10.2 Å². The monoisotopic (exact) mass is 434 g/mol. The Bertz CT molecular complexity index is 1270. The topological polar surface area (TPSA) is 65.8 Å². The van der Waals surface area contributed by atoms with Gasteiger partial charge in [0.2, 0.25) is 5.91 Å². The van der Waals surface area contributed by atoms with E-state index >= 15 is 0 Å². The van der Waals surface area contributed by atoms with Crippen LogP contribution in [0, 0.1) is 6.92 Å². The molecule has 8 heteroatoms. The van der Waals surface area contributed by atoms with Crippen LogP contribution in [0.1, 0.15) is 12.5 Å². The van der Waals surface area contributed by atoms with Crippen molar-refractivity contribution in [2.24, 2.45) is 0 Å². The molecule has 0 aliphatic carbocycles. The van der Waals surface area contributed by atoms with Crippen LogP contribution in [-0.2, 0) is 4.79 Å². The van der Waals surface area contributed by atoms with Crippen molar-refractivity contribution in [3.63, 3.8) is 0 Å². The zero-order valence-electron chi connectivity index (χ0n) is 17.5. The second-order valence-electron chi connectivity index (χ2n) is 7.83. The predicted molar refractivity (Wildman–Crippen MR) is 124 cm³/mol. The molecule has 1 amide bonds. The number of fused-ring (bicyclic) bond motifs is 3.